The zero-order valence-electron chi connectivity index (χ0n) is 16.6. The predicted molar refractivity (Wildman–Crippen MR) is 110 cm³/mol. The fraction of sp³-hybridized carbons (Fsp3) is 0.429. The average molecular weight is 317 g/mol. The van der Waals surface area contributed by atoms with Crippen LogP contribution in [0.2, 0.25) is 0 Å². The fourth-order valence-corrected chi connectivity index (χ4v) is 1.30. The third kappa shape index (κ3) is 13.4. The monoisotopic (exact) mass is 316 g/mol. The Hall–Kier alpha value is -1.96. The molecule has 0 aromatic heterocycles. The molecule has 1 N–H and O–H groups in total. The van der Waals surface area contributed by atoms with Gasteiger partial charge in [-0.1, -0.05) is 73.1 Å². The number of nitrogens with one attached hydrogen (secondary N) is 1. The first kappa shape index (κ1) is 26.0. The van der Waals surface area contributed by atoms with Gasteiger partial charge in [-0.15, -0.1) is 0 Å². The topological polar surface area (TPSA) is 36.2 Å². The number of rotatable bonds is 1. The van der Waals surface area contributed by atoms with Crippen LogP contribution in [-0.2, 0) is 0 Å². The third-order valence-corrected chi connectivity index (χ3v) is 2.16. The van der Waals surface area contributed by atoms with E-state index in [1.54, 1.807) is 12.2 Å². The molecule has 0 amide bonds. The maximum Gasteiger partial charge on any atom is 0.0638 e. The van der Waals surface area contributed by atoms with E-state index < -0.39 is 0 Å². The van der Waals surface area contributed by atoms with E-state index in [9.17, 15) is 0 Å². The van der Waals surface area contributed by atoms with E-state index in [1.165, 1.54) is 5.56 Å². The number of hydrogen-bond donors (Lipinski definition) is 1. The molecule has 0 unspecified atom stereocenters. The molecule has 2 nitrogen and oxygen atoms in total. The standard InChI is InChI=1S/C13H12N2.4C2H6/c1-10-2-6-12(7-3-10)15-13-8-4-11(14)5-9-13;4*1-2/h2-9,14H,1H3;4*1-2H3. The van der Waals surface area contributed by atoms with Crippen LogP contribution in [0, 0.1) is 12.3 Å². The molecule has 0 saturated heterocycles. The summed E-state index contributed by atoms with van der Waals surface area (Å²) in [5.74, 6) is 0. The van der Waals surface area contributed by atoms with Gasteiger partial charge >= 0.3 is 0 Å². The number of aliphatic imine (C=N–C) groups is 1. The molecule has 0 bridgehead atoms. The minimum atomic E-state index is 0.512. The second-order valence-electron chi connectivity index (χ2n) is 3.49. The zero-order chi connectivity index (χ0) is 18.7. The van der Waals surface area contributed by atoms with Crippen LogP contribution in [0.4, 0.5) is 5.69 Å². The summed E-state index contributed by atoms with van der Waals surface area (Å²) in [4.78, 5) is 4.44. The molecule has 1 aliphatic rings. The molecule has 0 radical (unpaired) electrons. The van der Waals surface area contributed by atoms with Crippen molar-refractivity contribution in [3.63, 3.8) is 0 Å². The Bertz CT molecular complexity index is 445. The largest absolute Gasteiger partial charge is 0.301 e. The number of allylic oxidation sites excluding steroid dienone is 4. The number of nitrogens with zero attached hydrogens (tertiary/aromatic N) is 1. The molecule has 23 heavy (non-hydrogen) atoms. The van der Waals surface area contributed by atoms with Crippen molar-refractivity contribution in [3.05, 3.63) is 54.1 Å². The lowest BCUT2D eigenvalue weighted by Crippen LogP contribution is -1.97. The van der Waals surface area contributed by atoms with Crippen LogP contribution < -0.4 is 0 Å². The quantitative estimate of drug-likeness (QED) is 0.527. The third-order valence-electron chi connectivity index (χ3n) is 2.16. The summed E-state index contributed by atoms with van der Waals surface area (Å²) in [5, 5.41) is 7.36. The fourth-order valence-electron chi connectivity index (χ4n) is 1.30. The van der Waals surface area contributed by atoms with E-state index in [4.69, 9.17) is 5.41 Å². The molecule has 1 aromatic carbocycles. The molecule has 0 saturated carbocycles. The summed E-state index contributed by atoms with van der Waals surface area (Å²) in [5.41, 5.74) is 3.57. The summed E-state index contributed by atoms with van der Waals surface area (Å²) >= 11 is 0. The Balaban J connectivity index is -0.000000438. The highest BCUT2D eigenvalue weighted by atomic mass is 14.7. The second kappa shape index (κ2) is 20.0. The van der Waals surface area contributed by atoms with Crippen LogP contribution >= 0.6 is 0 Å². The highest BCUT2D eigenvalue weighted by Gasteiger charge is 1.97. The number of hydrogen-bond acceptors (Lipinski definition) is 2. The Morgan fingerprint density at radius 1 is 0.652 bits per heavy atom. The van der Waals surface area contributed by atoms with Crippen LogP contribution in [0.5, 0.6) is 0 Å². The smallest absolute Gasteiger partial charge is 0.0638 e. The lowest BCUT2D eigenvalue weighted by molar-refractivity contribution is 1.43. The lowest BCUT2D eigenvalue weighted by atomic mass is 10.1. The van der Waals surface area contributed by atoms with Crippen molar-refractivity contribution in [1.29, 1.82) is 5.41 Å². The van der Waals surface area contributed by atoms with E-state index in [2.05, 4.69) is 11.9 Å². The molecule has 130 valence electrons. The maximum absolute atomic E-state index is 7.36. The van der Waals surface area contributed by atoms with Crippen LogP contribution in [0.1, 0.15) is 61.0 Å². The summed E-state index contributed by atoms with van der Waals surface area (Å²) in [6.45, 7) is 18.1. The second-order valence-corrected chi connectivity index (χ2v) is 3.49. The van der Waals surface area contributed by atoms with Crippen LogP contribution in [-0.4, -0.2) is 11.4 Å². The summed E-state index contributed by atoms with van der Waals surface area (Å²) < 4.78 is 0. The highest BCUT2D eigenvalue weighted by Crippen LogP contribution is 2.14. The molecule has 1 aromatic rings. The van der Waals surface area contributed by atoms with Crippen LogP contribution in [0.15, 0.2) is 53.6 Å². The van der Waals surface area contributed by atoms with E-state index in [0.29, 0.717) is 5.71 Å². The van der Waals surface area contributed by atoms with Crippen molar-refractivity contribution in [2.24, 2.45) is 4.99 Å². The first-order valence-electron chi connectivity index (χ1n) is 8.84. The van der Waals surface area contributed by atoms with Crippen molar-refractivity contribution < 1.29 is 0 Å². The molecular weight excluding hydrogens is 280 g/mol. The molecule has 0 atom stereocenters. The van der Waals surface area contributed by atoms with Gasteiger partial charge in [-0.2, -0.15) is 0 Å². The van der Waals surface area contributed by atoms with Gasteiger partial charge in [-0.25, -0.2) is 4.99 Å². The summed E-state index contributed by atoms with van der Waals surface area (Å²) in [6.07, 6.45) is 7.18. The van der Waals surface area contributed by atoms with Gasteiger partial charge in [0.15, 0.2) is 0 Å². The van der Waals surface area contributed by atoms with Crippen LogP contribution in [0.25, 0.3) is 0 Å². The molecule has 0 fully saturated rings. The highest BCUT2D eigenvalue weighted by molar-refractivity contribution is 6.17. The van der Waals surface area contributed by atoms with E-state index in [1.807, 2.05) is 91.8 Å². The van der Waals surface area contributed by atoms with Gasteiger partial charge in [0.25, 0.3) is 0 Å². The summed E-state index contributed by atoms with van der Waals surface area (Å²) in [6, 6.07) is 8.06. The van der Waals surface area contributed by atoms with Crippen LogP contribution in [0.3, 0.4) is 0 Å². The molecule has 2 rings (SSSR count). The first-order valence-corrected chi connectivity index (χ1v) is 8.84. The number of benzene rings is 1. The van der Waals surface area contributed by atoms with Crippen molar-refractivity contribution in [3.8, 4) is 0 Å². The molecule has 0 spiro atoms. The van der Waals surface area contributed by atoms with Gasteiger partial charge in [0.1, 0.15) is 0 Å². The first-order chi connectivity index (χ1) is 11.2. The van der Waals surface area contributed by atoms with Crippen molar-refractivity contribution in [2.45, 2.75) is 62.3 Å². The average Bonchev–Trinajstić information content (AvgIpc) is 2.66. The number of aryl methyl sites for hydroxylation is 1. The predicted octanol–water partition coefficient (Wildman–Crippen LogP) is 7.32. The minimum absolute atomic E-state index is 0.512. The van der Waals surface area contributed by atoms with E-state index >= 15 is 0 Å². The van der Waals surface area contributed by atoms with Crippen molar-refractivity contribution in [2.75, 3.05) is 0 Å². The van der Waals surface area contributed by atoms with Gasteiger partial charge in [0, 0.05) is 0 Å². The zero-order valence-corrected chi connectivity index (χ0v) is 16.6. The maximum atomic E-state index is 7.36. The molecule has 0 heterocycles. The molecule has 1 aliphatic carbocycles. The Labute approximate surface area is 144 Å². The summed E-state index contributed by atoms with van der Waals surface area (Å²) in [7, 11) is 0. The molecule has 2 heteroatoms. The molecular formula is C21H36N2. The van der Waals surface area contributed by atoms with Gasteiger partial charge in [0.05, 0.1) is 17.1 Å². The van der Waals surface area contributed by atoms with Gasteiger partial charge < -0.3 is 5.41 Å². The Morgan fingerprint density at radius 2 is 1.04 bits per heavy atom. The Morgan fingerprint density at radius 3 is 1.43 bits per heavy atom. The van der Waals surface area contributed by atoms with Crippen molar-refractivity contribution in [1.82, 2.24) is 0 Å². The van der Waals surface area contributed by atoms with E-state index in [0.717, 1.165) is 11.4 Å². The lowest BCUT2D eigenvalue weighted by Gasteiger charge is -2.00. The van der Waals surface area contributed by atoms with Crippen molar-refractivity contribution >= 4 is 17.1 Å². The van der Waals surface area contributed by atoms with E-state index in [-0.39, 0.29) is 0 Å². The minimum Gasteiger partial charge on any atom is -0.301 e. The Kier molecular flexibility index (Phi) is 22.6. The van der Waals surface area contributed by atoms with Gasteiger partial charge in [0.2, 0.25) is 0 Å². The van der Waals surface area contributed by atoms with Gasteiger partial charge in [-0.05, 0) is 43.4 Å². The SMILES string of the molecule is CC.CC.CC.CC.Cc1ccc(N=C2C=CC(=N)C=C2)cc1. The normalized spacial score (nSPS) is 10.5. The molecule has 0 aliphatic heterocycles. The van der Waals surface area contributed by atoms with Gasteiger partial charge in [-0.3, -0.25) is 0 Å².